The SMILES string of the molecule is O=C(O)OC(=O)[C@](CS)(NCCN[C@](CS)(C(=O)O)C(=O)OC(=O)O)C(=O)O. The Labute approximate surface area is 167 Å². The van der Waals surface area contributed by atoms with E-state index in [1.54, 1.807) is 0 Å². The lowest BCUT2D eigenvalue weighted by molar-refractivity contribution is -0.161. The van der Waals surface area contributed by atoms with Gasteiger partial charge < -0.3 is 29.9 Å². The van der Waals surface area contributed by atoms with E-state index >= 15 is 0 Å². The molecule has 28 heavy (non-hydrogen) atoms. The first-order valence-corrected chi connectivity index (χ1v) is 8.25. The summed E-state index contributed by atoms with van der Waals surface area (Å²) in [7, 11) is 0. The number of nitrogens with one attached hydrogen (secondary N) is 2. The predicted molar refractivity (Wildman–Crippen MR) is 92.7 cm³/mol. The van der Waals surface area contributed by atoms with Gasteiger partial charge in [-0.3, -0.25) is 10.6 Å². The van der Waals surface area contributed by atoms with Gasteiger partial charge in [-0.25, -0.2) is 28.8 Å². The Hall–Kier alpha value is -2.56. The summed E-state index contributed by atoms with van der Waals surface area (Å²) in [5.74, 6) is -8.56. The molecule has 0 aliphatic rings. The van der Waals surface area contributed by atoms with Crippen LogP contribution in [-0.4, -0.2) is 92.3 Å². The van der Waals surface area contributed by atoms with Gasteiger partial charge in [0.1, 0.15) is 0 Å². The van der Waals surface area contributed by atoms with Crippen molar-refractivity contribution >= 4 is 61.4 Å². The third-order valence-corrected chi connectivity index (χ3v) is 4.19. The van der Waals surface area contributed by atoms with E-state index in [2.05, 4.69) is 45.4 Å². The van der Waals surface area contributed by atoms with E-state index in [9.17, 15) is 39.0 Å². The second kappa shape index (κ2) is 10.7. The van der Waals surface area contributed by atoms with E-state index in [1.165, 1.54) is 0 Å². The van der Waals surface area contributed by atoms with Crippen molar-refractivity contribution in [2.24, 2.45) is 0 Å². The molecule has 0 fully saturated rings. The molecule has 0 spiro atoms. The van der Waals surface area contributed by atoms with E-state index in [0.717, 1.165) is 0 Å². The van der Waals surface area contributed by atoms with Gasteiger partial charge in [0, 0.05) is 24.6 Å². The topological polar surface area (TPSA) is 226 Å². The standard InChI is InChI=1S/C12H16N2O12S2/c15-5(16)11(3-27,7(19)25-9(21)22)13-1-2-14-12(4-28,6(17)18)8(20)26-10(23)24/h13-14,27-28H,1-4H2,(H,15,16)(H,17,18)(H,21,22)(H,23,24)/t11-,12-/m1/s1. The van der Waals surface area contributed by atoms with Gasteiger partial charge in [-0.1, -0.05) is 0 Å². The van der Waals surface area contributed by atoms with Crippen molar-refractivity contribution in [2.45, 2.75) is 11.1 Å². The molecular weight excluding hydrogens is 428 g/mol. The molecule has 2 atom stereocenters. The fourth-order valence-corrected chi connectivity index (χ4v) is 2.48. The third-order valence-electron chi connectivity index (χ3n) is 3.24. The maximum absolute atomic E-state index is 11.8. The molecule has 0 radical (unpaired) electrons. The molecule has 158 valence electrons. The summed E-state index contributed by atoms with van der Waals surface area (Å²) in [4.78, 5) is 67.2. The zero-order chi connectivity index (χ0) is 22.1. The fraction of sp³-hybridized carbons (Fsp3) is 0.500. The molecule has 0 aliphatic heterocycles. The Balaban J connectivity index is 5.31. The molecule has 0 amide bonds. The van der Waals surface area contributed by atoms with E-state index < -0.39 is 71.9 Å². The summed E-state index contributed by atoms with van der Waals surface area (Å²) in [6.07, 6.45) is -4.12. The van der Waals surface area contributed by atoms with Gasteiger partial charge >= 0.3 is 36.2 Å². The molecule has 6 N–H and O–H groups in total. The van der Waals surface area contributed by atoms with Crippen molar-refractivity contribution in [3.63, 3.8) is 0 Å². The number of carbonyl (C=O) groups excluding carboxylic acids is 2. The Bertz CT molecular complexity index is 615. The lowest BCUT2D eigenvalue weighted by atomic mass is 10.0. The van der Waals surface area contributed by atoms with Crippen LogP contribution in [0.15, 0.2) is 0 Å². The summed E-state index contributed by atoms with van der Waals surface area (Å²) >= 11 is 7.36. The molecular formula is C12H16N2O12S2. The molecule has 0 unspecified atom stereocenters. The Kier molecular flexibility index (Phi) is 9.71. The minimum absolute atomic E-state index is 0.523. The highest BCUT2D eigenvalue weighted by molar-refractivity contribution is 7.80. The maximum Gasteiger partial charge on any atom is 0.513 e. The molecule has 0 bridgehead atoms. The van der Waals surface area contributed by atoms with Crippen molar-refractivity contribution < 1.29 is 58.7 Å². The number of hydrogen-bond donors (Lipinski definition) is 8. The second-order valence-corrected chi connectivity index (χ2v) is 5.53. The average molecular weight is 444 g/mol. The van der Waals surface area contributed by atoms with Crippen LogP contribution in [0.4, 0.5) is 9.59 Å². The molecule has 0 aliphatic carbocycles. The number of aliphatic carboxylic acids is 2. The van der Waals surface area contributed by atoms with Crippen LogP contribution in [0.3, 0.4) is 0 Å². The monoisotopic (exact) mass is 444 g/mol. The molecule has 16 heteroatoms. The van der Waals surface area contributed by atoms with E-state index in [-0.39, 0.29) is 0 Å². The Morgan fingerprint density at radius 3 is 1.14 bits per heavy atom. The van der Waals surface area contributed by atoms with E-state index in [0.29, 0.717) is 0 Å². The van der Waals surface area contributed by atoms with Gasteiger partial charge in [0.2, 0.25) is 11.1 Å². The van der Waals surface area contributed by atoms with Crippen molar-refractivity contribution in [1.29, 1.82) is 0 Å². The number of hydrogen-bond acceptors (Lipinski definition) is 12. The van der Waals surface area contributed by atoms with Gasteiger partial charge in [0.05, 0.1) is 0 Å². The highest BCUT2D eigenvalue weighted by atomic mass is 32.1. The molecule has 0 saturated heterocycles. The fourth-order valence-electron chi connectivity index (χ4n) is 1.73. The molecule has 0 rings (SSSR count). The third kappa shape index (κ3) is 5.98. The van der Waals surface area contributed by atoms with E-state index in [4.69, 9.17) is 10.2 Å². The zero-order valence-electron chi connectivity index (χ0n) is 13.8. The maximum atomic E-state index is 11.8. The highest BCUT2D eigenvalue weighted by Crippen LogP contribution is 2.13. The minimum Gasteiger partial charge on any atom is -0.479 e. The number of carboxylic acid groups (broad SMARTS) is 4. The van der Waals surface area contributed by atoms with E-state index in [1.807, 2.05) is 0 Å². The van der Waals surface area contributed by atoms with Crippen LogP contribution in [0.1, 0.15) is 0 Å². The summed E-state index contributed by atoms with van der Waals surface area (Å²) in [6.45, 7) is -1.05. The first-order chi connectivity index (χ1) is 12.9. The Morgan fingerprint density at radius 1 is 0.679 bits per heavy atom. The summed E-state index contributed by atoms with van der Waals surface area (Å²) < 4.78 is 7.65. The molecule has 0 heterocycles. The quantitative estimate of drug-likeness (QED) is 0.0755. The second-order valence-electron chi connectivity index (χ2n) is 4.90. The van der Waals surface area contributed by atoms with Crippen molar-refractivity contribution in [3.8, 4) is 0 Å². The summed E-state index contributed by atoms with van der Waals surface area (Å²) in [5, 5.41) is 39.6. The molecule has 0 saturated carbocycles. The van der Waals surface area contributed by atoms with Gasteiger partial charge in [0.15, 0.2) is 0 Å². The molecule has 14 nitrogen and oxygen atoms in total. The lowest BCUT2D eigenvalue weighted by Gasteiger charge is -2.28. The highest BCUT2D eigenvalue weighted by Gasteiger charge is 2.49. The van der Waals surface area contributed by atoms with Crippen LogP contribution in [-0.2, 0) is 28.7 Å². The largest absolute Gasteiger partial charge is 0.513 e. The van der Waals surface area contributed by atoms with Crippen LogP contribution in [0.2, 0.25) is 0 Å². The molecule has 0 aromatic carbocycles. The van der Waals surface area contributed by atoms with Gasteiger partial charge in [-0.15, -0.1) is 0 Å². The number of carbonyl (C=O) groups is 6. The van der Waals surface area contributed by atoms with Gasteiger partial charge in [0.25, 0.3) is 0 Å². The van der Waals surface area contributed by atoms with Gasteiger partial charge in [-0.05, 0) is 0 Å². The van der Waals surface area contributed by atoms with Crippen LogP contribution in [0, 0.1) is 0 Å². The smallest absolute Gasteiger partial charge is 0.479 e. The average Bonchev–Trinajstić information content (AvgIpc) is 2.56. The van der Waals surface area contributed by atoms with Crippen LogP contribution >= 0.6 is 25.3 Å². The first kappa shape index (κ1) is 25.4. The van der Waals surface area contributed by atoms with Crippen molar-refractivity contribution in [1.82, 2.24) is 10.6 Å². The summed E-state index contributed by atoms with van der Waals surface area (Å²) in [6, 6.07) is 0. The zero-order valence-corrected chi connectivity index (χ0v) is 15.6. The Morgan fingerprint density at radius 2 is 0.964 bits per heavy atom. The molecule has 0 aromatic rings. The summed E-state index contributed by atoms with van der Waals surface area (Å²) in [5.41, 5.74) is -5.20. The number of carboxylic acids is 2. The lowest BCUT2D eigenvalue weighted by Crippen LogP contribution is -2.65. The molecule has 0 aromatic heterocycles. The van der Waals surface area contributed by atoms with Crippen molar-refractivity contribution in [3.05, 3.63) is 0 Å². The minimum atomic E-state index is -2.60. The van der Waals surface area contributed by atoms with Crippen LogP contribution in [0.5, 0.6) is 0 Å². The normalized spacial score (nSPS) is 14.8. The first-order valence-electron chi connectivity index (χ1n) is 6.98. The number of rotatable bonds is 11. The number of thiol groups is 2. The van der Waals surface area contributed by atoms with Crippen LogP contribution in [0.25, 0.3) is 0 Å². The number of ether oxygens (including phenoxy) is 2. The van der Waals surface area contributed by atoms with Crippen LogP contribution < -0.4 is 10.6 Å². The number of esters is 2. The predicted octanol–water partition coefficient (Wildman–Crippen LogP) is -1.89. The van der Waals surface area contributed by atoms with Gasteiger partial charge in [-0.2, -0.15) is 25.3 Å². The van der Waals surface area contributed by atoms with Crippen molar-refractivity contribution in [2.75, 3.05) is 24.6 Å².